The number of likely N-dealkylation sites (tertiary alicyclic amines) is 1. The molecule has 0 aliphatic carbocycles. The number of rotatable bonds is 3. The Balaban J connectivity index is 1.68. The van der Waals surface area contributed by atoms with Crippen molar-refractivity contribution in [1.29, 1.82) is 0 Å². The van der Waals surface area contributed by atoms with E-state index < -0.39 is 0 Å². The molecule has 2 aromatic rings. The van der Waals surface area contributed by atoms with E-state index in [0.29, 0.717) is 18.8 Å². The Morgan fingerprint density at radius 2 is 2.33 bits per heavy atom. The van der Waals surface area contributed by atoms with E-state index in [9.17, 15) is 4.79 Å². The fraction of sp³-hybridized carbons (Fsp3) is 0.467. The zero-order valence-corrected chi connectivity index (χ0v) is 11.9. The first-order chi connectivity index (χ1) is 10.2. The van der Waals surface area contributed by atoms with Crippen molar-refractivity contribution >= 4 is 5.91 Å². The SMILES string of the molecule is N[C@H]1CCCCN(C(=O)c2ccc(Cn3cccn3)o2)C1. The summed E-state index contributed by atoms with van der Waals surface area (Å²) in [5.74, 6) is 1.03. The lowest BCUT2D eigenvalue weighted by Gasteiger charge is -2.21. The molecule has 1 fully saturated rings. The molecule has 0 bridgehead atoms. The summed E-state index contributed by atoms with van der Waals surface area (Å²) in [7, 11) is 0. The highest BCUT2D eigenvalue weighted by atomic mass is 16.4. The van der Waals surface area contributed by atoms with Crippen LogP contribution >= 0.6 is 0 Å². The second-order valence-corrected chi connectivity index (χ2v) is 5.48. The molecule has 0 radical (unpaired) electrons. The Morgan fingerprint density at radius 1 is 1.43 bits per heavy atom. The molecular weight excluding hydrogens is 268 g/mol. The Morgan fingerprint density at radius 3 is 3.14 bits per heavy atom. The van der Waals surface area contributed by atoms with Gasteiger partial charge in [-0.3, -0.25) is 9.48 Å². The number of nitrogens with two attached hydrogens (primary N) is 1. The van der Waals surface area contributed by atoms with E-state index in [2.05, 4.69) is 5.10 Å². The predicted molar refractivity (Wildman–Crippen MR) is 77.8 cm³/mol. The standard InChI is InChI=1S/C15H20N4O2/c16-12-4-1-2-8-18(10-12)15(20)14-6-5-13(21-14)11-19-9-3-7-17-19/h3,5-7,9,12H,1-2,4,8,10-11,16H2/t12-/m0/s1. The fourth-order valence-corrected chi connectivity index (χ4v) is 2.65. The van der Waals surface area contributed by atoms with Crippen LogP contribution in [0.3, 0.4) is 0 Å². The Kier molecular flexibility index (Phi) is 4.06. The maximum Gasteiger partial charge on any atom is 0.289 e. The third kappa shape index (κ3) is 3.33. The van der Waals surface area contributed by atoms with Crippen LogP contribution in [0.1, 0.15) is 35.6 Å². The molecular formula is C15H20N4O2. The minimum atomic E-state index is -0.0703. The van der Waals surface area contributed by atoms with Crippen molar-refractivity contribution in [2.75, 3.05) is 13.1 Å². The first-order valence-corrected chi connectivity index (χ1v) is 7.33. The van der Waals surface area contributed by atoms with Gasteiger partial charge in [-0.15, -0.1) is 0 Å². The molecule has 21 heavy (non-hydrogen) atoms. The van der Waals surface area contributed by atoms with E-state index in [1.165, 1.54) is 0 Å². The highest BCUT2D eigenvalue weighted by Crippen LogP contribution is 2.15. The third-order valence-corrected chi connectivity index (χ3v) is 3.74. The average Bonchev–Trinajstić information content (AvgIpc) is 3.09. The van der Waals surface area contributed by atoms with Gasteiger partial charge >= 0.3 is 0 Å². The van der Waals surface area contributed by atoms with E-state index in [1.807, 2.05) is 18.3 Å². The molecule has 0 saturated carbocycles. The lowest BCUT2D eigenvalue weighted by Crippen LogP contribution is -2.39. The van der Waals surface area contributed by atoms with Gasteiger partial charge in [-0.25, -0.2) is 0 Å². The Hall–Kier alpha value is -2.08. The lowest BCUT2D eigenvalue weighted by atomic mass is 10.2. The minimum absolute atomic E-state index is 0.0648. The van der Waals surface area contributed by atoms with Crippen LogP contribution in [0.2, 0.25) is 0 Å². The quantitative estimate of drug-likeness (QED) is 0.928. The normalized spacial score (nSPS) is 19.5. The van der Waals surface area contributed by atoms with Gasteiger partial charge < -0.3 is 15.1 Å². The summed E-state index contributed by atoms with van der Waals surface area (Å²) in [6.07, 6.45) is 6.63. The molecule has 2 N–H and O–H groups in total. The summed E-state index contributed by atoms with van der Waals surface area (Å²) in [5, 5.41) is 4.12. The number of carbonyl (C=O) groups is 1. The van der Waals surface area contributed by atoms with Gasteiger partial charge in [0.25, 0.3) is 5.91 Å². The predicted octanol–water partition coefficient (Wildman–Crippen LogP) is 1.48. The van der Waals surface area contributed by atoms with Crippen LogP contribution in [-0.2, 0) is 6.54 Å². The first-order valence-electron chi connectivity index (χ1n) is 7.33. The highest BCUT2D eigenvalue weighted by molar-refractivity contribution is 5.91. The number of nitrogens with zero attached hydrogens (tertiary/aromatic N) is 3. The van der Waals surface area contributed by atoms with Crippen LogP contribution in [-0.4, -0.2) is 39.7 Å². The summed E-state index contributed by atoms with van der Waals surface area (Å²) in [5.41, 5.74) is 6.00. The molecule has 1 aliphatic heterocycles. The summed E-state index contributed by atoms with van der Waals surface area (Å²) in [4.78, 5) is 14.3. The summed E-state index contributed by atoms with van der Waals surface area (Å²) >= 11 is 0. The van der Waals surface area contributed by atoms with Gasteiger partial charge in [-0.1, -0.05) is 6.42 Å². The van der Waals surface area contributed by atoms with Gasteiger partial charge in [0, 0.05) is 31.5 Å². The molecule has 112 valence electrons. The minimum Gasteiger partial charge on any atom is -0.454 e. The van der Waals surface area contributed by atoms with Crippen LogP contribution in [0.5, 0.6) is 0 Å². The van der Waals surface area contributed by atoms with Crippen molar-refractivity contribution in [1.82, 2.24) is 14.7 Å². The summed E-state index contributed by atoms with van der Waals surface area (Å²) < 4.78 is 7.41. The zero-order chi connectivity index (χ0) is 14.7. The van der Waals surface area contributed by atoms with Gasteiger partial charge in [-0.05, 0) is 31.0 Å². The second-order valence-electron chi connectivity index (χ2n) is 5.48. The lowest BCUT2D eigenvalue weighted by molar-refractivity contribution is 0.0721. The van der Waals surface area contributed by atoms with Crippen molar-refractivity contribution < 1.29 is 9.21 Å². The molecule has 1 saturated heterocycles. The van der Waals surface area contributed by atoms with Crippen molar-refractivity contribution in [3.8, 4) is 0 Å². The number of aromatic nitrogens is 2. The van der Waals surface area contributed by atoms with E-state index in [-0.39, 0.29) is 11.9 Å². The molecule has 1 amide bonds. The van der Waals surface area contributed by atoms with Gasteiger partial charge in [0.05, 0.1) is 6.54 Å². The Labute approximate surface area is 123 Å². The average molecular weight is 288 g/mol. The van der Waals surface area contributed by atoms with Crippen LogP contribution in [0, 0.1) is 0 Å². The highest BCUT2D eigenvalue weighted by Gasteiger charge is 2.23. The zero-order valence-electron chi connectivity index (χ0n) is 11.9. The first kappa shape index (κ1) is 13.9. The molecule has 0 aromatic carbocycles. The van der Waals surface area contributed by atoms with Crippen LogP contribution in [0.4, 0.5) is 0 Å². The van der Waals surface area contributed by atoms with Crippen LogP contribution in [0.25, 0.3) is 0 Å². The van der Waals surface area contributed by atoms with Gasteiger partial charge in [0.2, 0.25) is 0 Å². The van der Waals surface area contributed by atoms with Crippen LogP contribution < -0.4 is 5.73 Å². The number of furan rings is 1. The maximum atomic E-state index is 12.5. The number of amides is 1. The van der Waals surface area contributed by atoms with Crippen molar-refractivity contribution in [3.63, 3.8) is 0 Å². The molecule has 6 nitrogen and oxygen atoms in total. The van der Waals surface area contributed by atoms with E-state index >= 15 is 0 Å². The van der Waals surface area contributed by atoms with E-state index in [0.717, 1.165) is 31.6 Å². The molecule has 2 aromatic heterocycles. The monoisotopic (exact) mass is 288 g/mol. The fourth-order valence-electron chi connectivity index (χ4n) is 2.65. The van der Waals surface area contributed by atoms with Crippen LogP contribution in [0.15, 0.2) is 35.0 Å². The molecule has 3 rings (SSSR count). The molecule has 0 spiro atoms. The number of carbonyl (C=O) groups excluding carboxylic acids is 1. The Bertz CT molecular complexity index is 591. The van der Waals surface area contributed by atoms with Gasteiger partial charge in [0.1, 0.15) is 5.76 Å². The van der Waals surface area contributed by atoms with Crippen molar-refractivity contribution in [2.45, 2.75) is 31.8 Å². The van der Waals surface area contributed by atoms with E-state index in [4.69, 9.17) is 10.2 Å². The van der Waals surface area contributed by atoms with Gasteiger partial charge in [-0.2, -0.15) is 5.10 Å². The molecule has 6 heteroatoms. The van der Waals surface area contributed by atoms with E-state index in [1.54, 1.807) is 21.8 Å². The van der Waals surface area contributed by atoms with Crippen molar-refractivity contribution in [2.24, 2.45) is 5.73 Å². The topological polar surface area (TPSA) is 77.3 Å². The van der Waals surface area contributed by atoms with Gasteiger partial charge in [0.15, 0.2) is 5.76 Å². The smallest absolute Gasteiger partial charge is 0.289 e. The molecule has 0 unspecified atom stereocenters. The summed E-state index contributed by atoms with van der Waals surface area (Å²) in [6, 6.07) is 5.48. The second kappa shape index (κ2) is 6.13. The maximum absolute atomic E-state index is 12.5. The number of hydrogen-bond donors (Lipinski definition) is 1. The summed E-state index contributed by atoms with van der Waals surface area (Å²) in [6.45, 7) is 1.88. The van der Waals surface area contributed by atoms with Crippen molar-refractivity contribution in [3.05, 3.63) is 42.1 Å². The third-order valence-electron chi connectivity index (χ3n) is 3.74. The molecule has 1 aliphatic rings. The number of hydrogen-bond acceptors (Lipinski definition) is 4. The molecule has 1 atom stereocenters. The molecule has 3 heterocycles. The largest absolute Gasteiger partial charge is 0.454 e.